The fourth-order valence-corrected chi connectivity index (χ4v) is 3.89. The fourth-order valence-electron chi connectivity index (χ4n) is 2.73. The molecule has 0 saturated heterocycles. The molecule has 2 aromatic carbocycles. The minimum Gasteiger partial charge on any atom is -0.491 e. The fraction of sp³-hybridized carbons (Fsp3) is 0.350. The zero-order valence-electron chi connectivity index (χ0n) is 16.6. The summed E-state index contributed by atoms with van der Waals surface area (Å²) in [5, 5.41) is 2.65. The summed E-state index contributed by atoms with van der Waals surface area (Å²) in [4.78, 5) is 12.5. The monoisotopic (exact) mass is 426 g/mol. The predicted molar refractivity (Wildman–Crippen MR) is 107 cm³/mol. The number of amides is 1. The van der Waals surface area contributed by atoms with Gasteiger partial charge in [0, 0.05) is 12.6 Å². The second-order valence-corrected chi connectivity index (χ2v) is 8.72. The van der Waals surface area contributed by atoms with Gasteiger partial charge in [-0.1, -0.05) is 12.1 Å². The average Bonchev–Trinajstić information content (AvgIpc) is 2.62. The number of carbonyl (C=O) groups excluding carboxylic acids is 1. The Morgan fingerprint density at radius 2 is 1.69 bits per heavy atom. The maximum atomic E-state index is 13.6. The molecule has 29 heavy (non-hydrogen) atoms. The average molecular weight is 426 g/mol. The lowest BCUT2D eigenvalue weighted by molar-refractivity contribution is -0.122. The zero-order chi connectivity index (χ0) is 21.8. The maximum Gasteiger partial charge on any atom is 0.243 e. The molecule has 0 aliphatic heterocycles. The van der Waals surface area contributed by atoms with E-state index in [4.69, 9.17) is 4.74 Å². The van der Waals surface area contributed by atoms with Crippen LogP contribution in [0.3, 0.4) is 0 Å². The Morgan fingerprint density at radius 1 is 1.07 bits per heavy atom. The topological polar surface area (TPSA) is 75.7 Å². The number of hydrogen-bond donors (Lipinski definition) is 1. The normalized spacial score (nSPS) is 12.5. The highest BCUT2D eigenvalue weighted by atomic mass is 32.2. The zero-order valence-corrected chi connectivity index (χ0v) is 17.5. The van der Waals surface area contributed by atoms with Crippen LogP contribution in [-0.2, 0) is 21.4 Å². The van der Waals surface area contributed by atoms with Gasteiger partial charge in [0.05, 0.1) is 18.0 Å². The standard InChI is InChI=1S/C20H24F2N2O4S/c1-13(2)28-17-8-5-15(6-9-17)12-23-20(25)14(3)24(29(4,26)27)16-7-10-18(21)19(22)11-16/h5-11,13-14H,12H2,1-4H3,(H,23,25). The third kappa shape index (κ3) is 6.15. The minimum atomic E-state index is -3.93. The lowest BCUT2D eigenvalue weighted by Gasteiger charge is -2.28. The Kier molecular flexibility index (Phi) is 7.18. The molecule has 1 amide bonds. The molecule has 9 heteroatoms. The molecule has 1 N–H and O–H groups in total. The molecule has 1 atom stereocenters. The lowest BCUT2D eigenvalue weighted by Crippen LogP contribution is -2.47. The number of rotatable bonds is 8. The lowest BCUT2D eigenvalue weighted by atomic mass is 10.2. The second kappa shape index (κ2) is 9.21. The third-order valence-corrected chi connectivity index (χ3v) is 5.25. The number of sulfonamides is 1. The van der Waals surface area contributed by atoms with Crippen LogP contribution in [-0.4, -0.2) is 32.7 Å². The number of anilines is 1. The van der Waals surface area contributed by atoms with Gasteiger partial charge in [-0.3, -0.25) is 9.10 Å². The van der Waals surface area contributed by atoms with Crippen LogP contribution in [0.1, 0.15) is 26.3 Å². The number of nitrogens with zero attached hydrogens (tertiary/aromatic N) is 1. The van der Waals surface area contributed by atoms with Crippen LogP contribution in [0.4, 0.5) is 14.5 Å². The van der Waals surface area contributed by atoms with Gasteiger partial charge >= 0.3 is 0 Å². The Balaban J connectivity index is 2.12. The molecule has 0 spiro atoms. The van der Waals surface area contributed by atoms with Gasteiger partial charge in [0.25, 0.3) is 0 Å². The molecule has 0 heterocycles. The summed E-state index contributed by atoms with van der Waals surface area (Å²) in [5.74, 6) is -2.19. The smallest absolute Gasteiger partial charge is 0.243 e. The molecule has 1 unspecified atom stereocenters. The van der Waals surface area contributed by atoms with Crippen molar-refractivity contribution in [3.8, 4) is 5.75 Å². The van der Waals surface area contributed by atoms with E-state index in [9.17, 15) is 22.0 Å². The van der Waals surface area contributed by atoms with E-state index in [1.54, 1.807) is 24.3 Å². The highest BCUT2D eigenvalue weighted by molar-refractivity contribution is 7.92. The molecule has 0 radical (unpaired) electrons. The van der Waals surface area contributed by atoms with Crippen molar-refractivity contribution >= 4 is 21.6 Å². The second-order valence-electron chi connectivity index (χ2n) is 6.86. The molecule has 0 aliphatic rings. The van der Waals surface area contributed by atoms with Crippen molar-refractivity contribution < 1.29 is 26.7 Å². The van der Waals surface area contributed by atoms with Crippen molar-refractivity contribution in [1.29, 1.82) is 0 Å². The molecule has 0 saturated carbocycles. The molecule has 2 rings (SSSR count). The molecule has 0 aromatic heterocycles. The molecule has 158 valence electrons. The number of nitrogens with one attached hydrogen (secondary N) is 1. The van der Waals surface area contributed by atoms with Gasteiger partial charge in [0.1, 0.15) is 11.8 Å². The van der Waals surface area contributed by atoms with Gasteiger partial charge in [-0.05, 0) is 50.6 Å². The van der Waals surface area contributed by atoms with Gasteiger partial charge in [-0.15, -0.1) is 0 Å². The van der Waals surface area contributed by atoms with E-state index >= 15 is 0 Å². The number of ether oxygens (including phenoxy) is 1. The maximum absolute atomic E-state index is 13.6. The summed E-state index contributed by atoms with van der Waals surface area (Å²) >= 11 is 0. The van der Waals surface area contributed by atoms with Crippen LogP contribution in [0.5, 0.6) is 5.75 Å². The van der Waals surface area contributed by atoms with Crippen LogP contribution in [0.2, 0.25) is 0 Å². The summed E-state index contributed by atoms with van der Waals surface area (Å²) in [6.07, 6.45) is 0.936. The molecule has 0 bridgehead atoms. The first-order valence-electron chi connectivity index (χ1n) is 8.97. The van der Waals surface area contributed by atoms with E-state index in [-0.39, 0.29) is 18.3 Å². The van der Waals surface area contributed by atoms with E-state index in [0.29, 0.717) is 5.75 Å². The number of halogens is 2. The molecule has 6 nitrogen and oxygen atoms in total. The quantitative estimate of drug-likeness (QED) is 0.703. The van der Waals surface area contributed by atoms with Crippen molar-refractivity contribution in [2.45, 2.75) is 39.5 Å². The van der Waals surface area contributed by atoms with E-state index in [1.165, 1.54) is 6.92 Å². The molecule has 0 fully saturated rings. The minimum absolute atomic E-state index is 0.0414. The van der Waals surface area contributed by atoms with Gasteiger partial charge in [-0.2, -0.15) is 0 Å². The molecule has 2 aromatic rings. The van der Waals surface area contributed by atoms with Gasteiger partial charge < -0.3 is 10.1 Å². The van der Waals surface area contributed by atoms with Crippen molar-refractivity contribution in [2.24, 2.45) is 0 Å². The highest BCUT2D eigenvalue weighted by Gasteiger charge is 2.29. The van der Waals surface area contributed by atoms with Gasteiger partial charge in [-0.25, -0.2) is 17.2 Å². The van der Waals surface area contributed by atoms with Crippen LogP contribution in [0.15, 0.2) is 42.5 Å². The van der Waals surface area contributed by atoms with Gasteiger partial charge in [0.2, 0.25) is 15.9 Å². The largest absolute Gasteiger partial charge is 0.491 e. The highest BCUT2D eigenvalue weighted by Crippen LogP contribution is 2.23. The first-order chi connectivity index (χ1) is 13.5. The van der Waals surface area contributed by atoms with Crippen LogP contribution in [0, 0.1) is 11.6 Å². The summed E-state index contributed by atoms with van der Waals surface area (Å²) < 4.78 is 57.4. The third-order valence-electron chi connectivity index (χ3n) is 4.01. The van der Waals surface area contributed by atoms with E-state index in [2.05, 4.69) is 5.32 Å². The Bertz CT molecular complexity index is 963. The number of benzene rings is 2. The van der Waals surface area contributed by atoms with Crippen LogP contribution < -0.4 is 14.4 Å². The molecule has 0 aliphatic carbocycles. The Labute approximate surface area is 169 Å². The van der Waals surface area contributed by atoms with E-state index in [0.717, 1.165) is 34.3 Å². The van der Waals surface area contributed by atoms with E-state index in [1.807, 2.05) is 13.8 Å². The summed E-state index contributed by atoms with van der Waals surface area (Å²) in [6.45, 7) is 5.36. The summed E-state index contributed by atoms with van der Waals surface area (Å²) in [7, 11) is -3.93. The van der Waals surface area contributed by atoms with Crippen molar-refractivity contribution in [1.82, 2.24) is 5.32 Å². The SMILES string of the molecule is CC(C)Oc1ccc(CNC(=O)C(C)N(c2ccc(F)c(F)c2)S(C)(=O)=O)cc1. The van der Waals surface area contributed by atoms with Crippen LogP contribution >= 0.6 is 0 Å². The Morgan fingerprint density at radius 3 is 2.21 bits per heavy atom. The van der Waals surface area contributed by atoms with Gasteiger partial charge in [0.15, 0.2) is 11.6 Å². The predicted octanol–water partition coefficient (Wildman–Crippen LogP) is 3.22. The van der Waals surface area contributed by atoms with E-state index < -0.39 is 33.6 Å². The van der Waals surface area contributed by atoms with Crippen LogP contribution in [0.25, 0.3) is 0 Å². The number of carbonyl (C=O) groups is 1. The number of hydrogen-bond acceptors (Lipinski definition) is 4. The molecular formula is C20H24F2N2O4S. The first-order valence-corrected chi connectivity index (χ1v) is 10.8. The first kappa shape index (κ1) is 22.6. The Hall–Kier alpha value is -2.68. The van der Waals surface area contributed by atoms with Crippen molar-refractivity contribution in [3.05, 3.63) is 59.7 Å². The summed E-state index contributed by atoms with van der Waals surface area (Å²) in [6, 6.07) is 8.61. The van der Waals surface area contributed by atoms with Crippen molar-refractivity contribution in [3.63, 3.8) is 0 Å². The molecular weight excluding hydrogens is 402 g/mol. The summed E-state index contributed by atoms with van der Waals surface area (Å²) in [5.41, 5.74) is 0.657. The van der Waals surface area contributed by atoms with Crippen molar-refractivity contribution in [2.75, 3.05) is 10.6 Å².